The van der Waals surface area contributed by atoms with Gasteiger partial charge in [-0.15, -0.1) is 0 Å². The summed E-state index contributed by atoms with van der Waals surface area (Å²) in [5, 5.41) is 0.185. The second-order valence-electron chi connectivity index (χ2n) is 5.89. The summed E-state index contributed by atoms with van der Waals surface area (Å²) in [6.07, 6.45) is 2.73. The lowest BCUT2D eigenvalue weighted by atomic mass is 10.00. The molecule has 1 aliphatic rings. The van der Waals surface area contributed by atoms with Crippen LogP contribution in [0.15, 0.2) is 54.6 Å². The molecular formula is C20H17ClFNO3. The number of carbonyl (C=O) groups is 2. The molecule has 2 aromatic carbocycles. The van der Waals surface area contributed by atoms with Crippen LogP contribution in [-0.2, 0) is 9.53 Å². The van der Waals surface area contributed by atoms with Crippen LogP contribution in [0.25, 0.3) is 5.57 Å². The Kier molecular flexibility index (Phi) is 5.68. The highest BCUT2D eigenvalue weighted by molar-refractivity contribution is 6.30. The maximum atomic E-state index is 13.7. The van der Waals surface area contributed by atoms with E-state index in [4.69, 9.17) is 16.3 Å². The lowest BCUT2D eigenvalue weighted by molar-refractivity contribution is -0.134. The predicted molar refractivity (Wildman–Crippen MR) is 97.3 cm³/mol. The minimum Gasteiger partial charge on any atom is -0.452 e. The van der Waals surface area contributed by atoms with Crippen molar-refractivity contribution in [1.29, 1.82) is 0 Å². The summed E-state index contributed by atoms with van der Waals surface area (Å²) in [7, 11) is 0. The summed E-state index contributed by atoms with van der Waals surface area (Å²) < 4.78 is 18.6. The molecule has 4 nitrogen and oxygen atoms in total. The lowest BCUT2D eigenvalue weighted by Gasteiger charge is -2.26. The Morgan fingerprint density at radius 3 is 2.58 bits per heavy atom. The van der Waals surface area contributed by atoms with Crippen molar-refractivity contribution >= 4 is 29.1 Å². The molecule has 0 aromatic heterocycles. The van der Waals surface area contributed by atoms with Gasteiger partial charge in [-0.2, -0.15) is 0 Å². The van der Waals surface area contributed by atoms with Crippen LogP contribution < -0.4 is 0 Å². The summed E-state index contributed by atoms with van der Waals surface area (Å²) in [6, 6.07) is 13.6. The van der Waals surface area contributed by atoms with E-state index in [9.17, 15) is 14.0 Å². The van der Waals surface area contributed by atoms with Crippen LogP contribution in [0.1, 0.15) is 22.3 Å². The molecule has 0 bridgehead atoms. The number of ether oxygens (including phenoxy) is 1. The fraction of sp³-hybridized carbons (Fsp3) is 0.200. The van der Waals surface area contributed by atoms with Gasteiger partial charge in [0.15, 0.2) is 6.61 Å². The Morgan fingerprint density at radius 1 is 1.15 bits per heavy atom. The first-order chi connectivity index (χ1) is 12.5. The number of hydrogen-bond donors (Lipinski definition) is 0. The van der Waals surface area contributed by atoms with Gasteiger partial charge in [0.2, 0.25) is 0 Å². The number of amides is 1. The number of carbonyl (C=O) groups excluding carboxylic acids is 2. The third-order valence-corrected chi connectivity index (χ3v) is 4.42. The Morgan fingerprint density at radius 2 is 1.92 bits per heavy atom. The first kappa shape index (κ1) is 18.1. The molecule has 1 heterocycles. The van der Waals surface area contributed by atoms with Gasteiger partial charge in [-0.05, 0) is 35.8 Å². The molecule has 0 radical (unpaired) electrons. The van der Waals surface area contributed by atoms with Crippen LogP contribution >= 0.6 is 11.6 Å². The molecule has 0 aliphatic carbocycles. The van der Waals surface area contributed by atoms with Crippen LogP contribution in [0.2, 0.25) is 5.02 Å². The Bertz CT molecular complexity index is 851. The van der Waals surface area contributed by atoms with E-state index in [-0.39, 0.29) is 16.5 Å². The fourth-order valence-corrected chi connectivity index (χ4v) is 2.92. The van der Waals surface area contributed by atoms with Gasteiger partial charge >= 0.3 is 5.97 Å². The molecule has 26 heavy (non-hydrogen) atoms. The smallest absolute Gasteiger partial charge is 0.341 e. The van der Waals surface area contributed by atoms with Gasteiger partial charge in [0.25, 0.3) is 5.91 Å². The number of esters is 1. The largest absolute Gasteiger partial charge is 0.452 e. The van der Waals surface area contributed by atoms with Crippen molar-refractivity contribution in [2.45, 2.75) is 6.42 Å². The van der Waals surface area contributed by atoms with Gasteiger partial charge in [0.1, 0.15) is 5.82 Å². The summed E-state index contributed by atoms with van der Waals surface area (Å²) in [5.74, 6) is -1.97. The zero-order valence-corrected chi connectivity index (χ0v) is 14.7. The molecule has 0 saturated carbocycles. The van der Waals surface area contributed by atoms with Crippen LogP contribution in [0, 0.1) is 5.82 Å². The third-order valence-electron chi connectivity index (χ3n) is 4.18. The minimum absolute atomic E-state index is 0.185. The summed E-state index contributed by atoms with van der Waals surface area (Å²) in [6.45, 7) is 0.581. The van der Waals surface area contributed by atoms with Crippen molar-refractivity contribution in [2.24, 2.45) is 0 Å². The number of hydrogen-bond acceptors (Lipinski definition) is 3. The van der Waals surface area contributed by atoms with Crippen molar-refractivity contribution in [3.63, 3.8) is 0 Å². The molecule has 2 aromatic rings. The molecule has 0 unspecified atom stereocenters. The maximum absolute atomic E-state index is 13.7. The topological polar surface area (TPSA) is 46.6 Å². The van der Waals surface area contributed by atoms with Gasteiger partial charge in [-0.1, -0.05) is 48.0 Å². The summed E-state index contributed by atoms with van der Waals surface area (Å²) in [5.41, 5.74) is 2.09. The molecule has 134 valence electrons. The minimum atomic E-state index is -0.884. The second kappa shape index (κ2) is 8.15. The average molecular weight is 374 g/mol. The quantitative estimate of drug-likeness (QED) is 0.762. The molecule has 3 rings (SSSR count). The molecule has 0 saturated heterocycles. The molecule has 1 aliphatic heterocycles. The number of rotatable bonds is 4. The molecular weight excluding hydrogens is 357 g/mol. The Hall–Kier alpha value is -2.66. The summed E-state index contributed by atoms with van der Waals surface area (Å²) >= 11 is 5.65. The van der Waals surface area contributed by atoms with E-state index in [1.54, 1.807) is 4.90 Å². The lowest BCUT2D eigenvalue weighted by Crippen LogP contribution is -2.37. The predicted octanol–water partition coefficient (Wildman–Crippen LogP) is 3.95. The van der Waals surface area contributed by atoms with Crippen LogP contribution in [-0.4, -0.2) is 36.5 Å². The van der Waals surface area contributed by atoms with E-state index in [0.717, 1.165) is 18.1 Å². The molecule has 0 N–H and O–H groups in total. The van der Waals surface area contributed by atoms with Crippen molar-refractivity contribution in [3.05, 3.63) is 76.6 Å². The van der Waals surface area contributed by atoms with Gasteiger partial charge in [0, 0.05) is 18.1 Å². The Balaban J connectivity index is 1.54. The van der Waals surface area contributed by atoms with E-state index in [1.165, 1.54) is 17.7 Å². The highest BCUT2D eigenvalue weighted by Gasteiger charge is 2.20. The van der Waals surface area contributed by atoms with Gasteiger partial charge < -0.3 is 9.64 Å². The Labute approximate surface area is 155 Å². The second-order valence-corrected chi connectivity index (χ2v) is 6.32. The van der Waals surface area contributed by atoms with E-state index >= 15 is 0 Å². The van der Waals surface area contributed by atoms with Crippen molar-refractivity contribution in [3.8, 4) is 0 Å². The zero-order chi connectivity index (χ0) is 18.5. The van der Waals surface area contributed by atoms with Crippen molar-refractivity contribution < 1.29 is 18.7 Å². The highest BCUT2D eigenvalue weighted by Crippen LogP contribution is 2.22. The highest BCUT2D eigenvalue weighted by atomic mass is 35.5. The SMILES string of the molecule is O=C(OCC(=O)N1CC=C(c2ccccc2)CC1)c1ccc(Cl)cc1F. The molecule has 1 amide bonds. The van der Waals surface area contributed by atoms with E-state index in [2.05, 4.69) is 0 Å². The average Bonchev–Trinajstić information content (AvgIpc) is 2.66. The maximum Gasteiger partial charge on any atom is 0.341 e. The van der Waals surface area contributed by atoms with E-state index < -0.39 is 18.4 Å². The number of benzene rings is 2. The number of nitrogens with zero attached hydrogens (tertiary/aromatic N) is 1. The normalized spacial score (nSPS) is 13.9. The molecule has 6 heteroatoms. The van der Waals surface area contributed by atoms with Gasteiger partial charge in [0.05, 0.1) is 5.56 Å². The molecule has 0 spiro atoms. The summed E-state index contributed by atoms with van der Waals surface area (Å²) in [4.78, 5) is 25.7. The van der Waals surface area contributed by atoms with Crippen LogP contribution in [0.5, 0.6) is 0 Å². The van der Waals surface area contributed by atoms with Crippen molar-refractivity contribution in [1.82, 2.24) is 4.90 Å². The van der Waals surface area contributed by atoms with E-state index in [0.29, 0.717) is 13.1 Å². The first-order valence-corrected chi connectivity index (χ1v) is 8.57. The van der Waals surface area contributed by atoms with Gasteiger partial charge in [-0.3, -0.25) is 4.79 Å². The number of halogens is 2. The standard InChI is InChI=1S/C20H17ClFNO3/c21-16-6-7-17(18(22)12-16)20(25)26-13-19(24)23-10-8-15(9-11-23)14-4-2-1-3-5-14/h1-8,12H,9-11,13H2. The van der Waals surface area contributed by atoms with Gasteiger partial charge in [-0.25, -0.2) is 9.18 Å². The molecule has 0 atom stereocenters. The van der Waals surface area contributed by atoms with Crippen LogP contribution in [0.4, 0.5) is 4.39 Å². The van der Waals surface area contributed by atoms with E-state index in [1.807, 2.05) is 36.4 Å². The van der Waals surface area contributed by atoms with Crippen molar-refractivity contribution in [2.75, 3.05) is 19.7 Å². The first-order valence-electron chi connectivity index (χ1n) is 8.19. The van der Waals surface area contributed by atoms with Crippen LogP contribution in [0.3, 0.4) is 0 Å². The zero-order valence-electron chi connectivity index (χ0n) is 14.0. The molecule has 0 fully saturated rings. The third kappa shape index (κ3) is 4.29. The fourth-order valence-electron chi connectivity index (χ4n) is 2.76. The monoisotopic (exact) mass is 373 g/mol.